The number of alkyl halides is 3. The Hall–Kier alpha value is -1.27. The molecule has 1 aromatic rings. The van der Waals surface area contributed by atoms with E-state index in [2.05, 4.69) is 6.07 Å². The van der Waals surface area contributed by atoms with Crippen molar-refractivity contribution in [3.8, 4) is 5.75 Å². The largest absolute Gasteiger partial charge is 0.493 e. The number of hydrogen-bond donors (Lipinski definition) is 1. The molecule has 0 spiro atoms. The van der Waals surface area contributed by atoms with Gasteiger partial charge < -0.3 is 9.84 Å². The molecule has 0 amide bonds. The Balaban J connectivity index is 1.61. The molecule has 3 rings (SSSR count). The molecule has 0 aromatic heterocycles. The summed E-state index contributed by atoms with van der Waals surface area (Å²) in [4.78, 5) is 1.96. The van der Waals surface area contributed by atoms with Crippen molar-refractivity contribution in [2.24, 2.45) is 0 Å². The lowest BCUT2D eigenvalue weighted by molar-refractivity contribution is -0.272. The van der Waals surface area contributed by atoms with Crippen LogP contribution in [0.5, 0.6) is 5.75 Å². The number of likely N-dealkylation sites (tertiary alicyclic amines) is 1. The molecule has 6 heteroatoms. The fraction of sp³-hybridized carbons (Fsp3) is 0.600. The predicted octanol–water partition coefficient (Wildman–Crippen LogP) is 2.51. The van der Waals surface area contributed by atoms with Crippen LogP contribution in [0, 0.1) is 0 Å². The number of halogens is 3. The summed E-state index contributed by atoms with van der Waals surface area (Å²) in [5, 5.41) is 9.65. The second kappa shape index (κ2) is 5.18. The highest BCUT2D eigenvalue weighted by atomic mass is 19.4. The predicted molar refractivity (Wildman–Crippen MR) is 71.2 cm³/mol. The number of nitrogens with zero attached hydrogens (tertiary/aromatic N) is 1. The van der Waals surface area contributed by atoms with Crippen molar-refractivity contribution < 1.29 is 23.0 Å². The zero-order valence-corrected chi connectivity index (χ0v) is 11.6. The first-order valence-corrected chi connectivity index (χ1v) is 7.13. The van der Waals surface area contributed by atoms with Crippen LogP contribution in [0.2, 0.25) is 0 Å². The molecule has 1 fully saturated rings. The van der Waals surface area contributed by atoms with Crippen molar-refractivity contribution in [3.05, 3.63) is 29.3 Å². The Morgan fingerprint density at radius 3 is 2.62 bits per heavy atom. The van der Waals surface area contributed by atoms with Crippen LogP contribution in [0.3, 0.4) is 0 Å². The van der Waals surface area contributed by atoms with Gasteiger partial charge in [-0.25, -0.2) is 0 Å². The molecule has 21 heavy (non-hydrogen) atoms. The topological polar surface area (TPSA) is 32.7 Å². The van der Waals surface area contributed by atoms with Gasteiger partial charge in [0.05, 0.1) is 6.61 Å². The van der Waals surface area contributed by atoms with Gasteiger partial charge in [-0.2, -0.15) is 13.2 Å². The highest BCUT2D eigenvalue weighted by Crippen LogP contribution is 2.38. The lowest BCUT2D eigenvalue weighted by Gasteiger charge is -2.39. The molecule has 3 nitrogen and oxygen atoms in total. The summed E-state index contributed by atoms with van der Waals surface area (Å²) in [6.45, 7) is 1.82. The Kier molecular flexibility index (Phi) is 3.61. The number of fused-ring (bicyclic) bond motifs is 1. The third kappa shape index (κ3) is 2.87. The van der Waals surface area contributed by atoms with Crippen LogP contribution in [-0.2, 0) is 13.0 Å². The van der Waals surface area contributed by atoms with Gasteiger partial charge in [-0.05, 0) is 30.0 Å². The van der Waals surface area contributed by atoms with Gasteiger partial charge in [0.2, 0.25) is 0 Å². The molecule has 2 aliphatic heterocycles. The minimum absolute atomic E-state index is 0.254. The number of rotatable bonds is 2. The minimum Gasteiger partial charge on any atom is -0.493 e. The van der Waals surface area contributed by atoms with E-state index >= 15 is 0 Å². The number of ether oxygens (including phenoxy) is 1. The van der Waals surface area contributed by atoms with E-state index in [9.17, 15) is 18.3 Å². The molecule has 2 heterocycles. The third-order valence-corrected chi connectivity index (χ3v) is 4.37. The quantitative estimate of drug-likeness (QED) is 0.911. The molecule has 116 valence electrons. The van der Waals surface area contributed by atoms with Gasteiger partial charge in [0.15, 0.2) is 5.60 Å². The summed E-state index contributed by atoms with van der Waals surface area (Å²) in [5.74, 6) is 0.906. The van der Waals surface area contributed by atoms with Gasteiger partial charge in [-0.1, -0.05) is 12.1 Å². The fourth-order valence-corrected chi connectivity index (χ4v) is 2.96. The van der Waals surface area contributed by atoms with Gasteiger partial charge >= 0.3 is 6.18 Å². The number of benzene rings is 1. The first kappa shape index (κ1) is 14.7. The van der Waals surface area contributed by atoms with E-state index in [0.717, 1.165) is 23.3 Å². The maximum absolute atomic E-state index is 12.7. The smallest absolute Gasteiger partial charge is 0.417 e. The second-order valence-corrected chi connectivity index (χ2v) is 5.85. The Labute approximate surface area is 121 Å². The van der Waals surface area contributed by atoms with E-state index < -0.39 is 11.8 Å². The lowest BCUT2D eigenvalue weighted by Crippen LogP contribution is -2.53. The Bertz CT molecular complexity index is 522. The molecule has 0 atom stereocenters. The Morgan fingerprint density at radius 2 is 1.95 bits per heavy atom. The molecule has 0 unspecified atom stereocenters. The van der Waals surface area contributed by atoms with Gasteiger partial charge in [-0.3, -0.25) is 4.90 Å². The van der Waals surface area contributed by atoms with Crippen LogP contribution in [0.15, 0.2) is 18.2 Å². The highest BCUT2D eigenvalue weighted by Gasteiger charge is 2.54. The third-order valence-electron chi connectivity index (χ3n) is 4.37. The number of hydrogen-bond acceptors (Lipinski definition) is 3. The van der Waals surface area contributed by atoms with E-state index in [1.807, 2.05) is 17.0 Å². The minimum atomic E-state index is -4.54. The number of piperidine rings is 1. The lowest BCUT2D eigenvalue weighted by atomic mass is 9.90. The van der Waals surface area contributed by atoms with Crippen molar-refractivity contribution in [3.63, 3.8) is 0 Å². The summed E-state index contributed by atoms with van der Waals surface area (Å²) in [7, 11) is 0. The maximum Gasteiger partial charge on any atom is 0.417 e. The van der Waals surface area contributed by atoms with E-state index in [4.69, 9.17) is 4.74 Å². The van der Waals surface area contributed by atoms with Gasteiger partial charge in [-0.15, -0.1) is 0 Å². The summed E-state index contributed by atoms with van der Waals surface area (Å²) >= 11 is 0. The maximum atomic E-state index is 12.7. The zero-order valence-electron chi connectivity index (χ0n) is 11.6. The van der Waals surface area contributed by atoms with E-state index in [-0.39, 0.29) is 25.9 Å². The van der Waals surface area contributed by atoms with Gasteiger partial charge in [0.1, 0.15) is 5.75 Å². The molecule has 0 bridgehead atoms. The van der Waals surface area contributed by atoms with Crippen LogP contribution >= 0.6 is 0 Å². The molecule has 2 aliphatic rings. The fourth-order valence-electron chi connectivity index (χ4n) is 2.96. The van der Waals surface area contributed by atoms with Crippen LogP contribution < -0.4 is 4.74 Å². The molecule has 0 radical (unpaired) electrons. The monoisotopic (exact) mass is 301 g/mol. The van der Waals surface area contributed by atoms with Gasteiger partial charge in [0.25, 0.3) is 0 Å². The van der Waals surface area contributed by atoms with Crippen molar-refractivity contribution >= 4 is 0 Å². The Morgan fingerprint density at radius 1 is 1.24 bits per heavy atom. The molecule has 0 aliphatic carbocycles. The SMILES string of the molecule is OC1(C(F)(F)F)CCN(Cc2ccc3c(c2)CCO3)CC1. The molecule has 1 aromatic carbocycles. The van der Waals surface area contributed by atoms with Crippen LogP contribution in [0.4, 0.5) is 13.2 Å². The summed E-state index contributed by atoms with van der Waals surface area (Å²) in [5.41, 5.74) is -0.275. The van der Waals surface area contributed by atoms with Crippen LogP contribution in [0.25, 0.3) is 0 Å². The first-order valence-electron chi connectivity index (χ1n) is 7.13. The summed E-state index contributed by atoms with van der Waals surface area (Å²) in [6, 6.07) is 5.94. The molecule has 0 saturated carbocycles. The van der Waals surface area contributed by atoms with Gasteiger partial charge in [0, 0.05) is 26.1 Å². The zero-order chi connectivity index (χ0) is 15.1. The first-order chi connectivity index (χ1) is 9.87. The average molecular weight is 301 g/mol. The van der Waals surface area contributed by atoms with Crippen molar-refractivity contribution in [2.45, 2.75) is 37.6 Å². The average Bonchev–Trinajstić information content (AvgIpc) is 2.88. The van der Waals surface area contributed by atoms with Crippen molar-refractivity contribution in [2.75, 3.05) is 19.7 Å². The molecule has 1 saturated heterocycles. The normalized spacial score (nSPS) is 21.9. The molecular weight excluding hydrogens is 283 g/mol. The summed E-state index contributed by atoms with van der Waals surface area (Å²) < 4.78 is 43.7. The molecule has 1 N–H and O–H groups in total. The van der Waals surface area contributed by atoms with Crippen molar-refractivity contribution in [1.82, 2.24) is 4.90 Å². The molecular formula is C15H18F3NO2. The highest BCUT2D eigenvalue weighted by molar-refractivity contribution is 5.39. The van der Waals surface area contributed by atoms with E-state index in [1.165, 1.54) is 0 Å². The van der Waals surface area contributed by atoms with Crippen LogP contribution in [-0.4, -0.2) is 41.5 Å². The van der Waals surface area contributed by atoms with E-state index in [1.54, 1.807) is 0 Å². The summed E-state index contributed by atoms with van der Waals surface area (Å²) in [6.07, 6.45) is -4.17. The second-order valence-electron chi connectivity index (χ2n) is 5.85. The van der Waals surface area contributed by atoms with E-state index in [0.29, 0.717) is 13.2 Å². The van der Waals surface area contributed by atoms with Crippen molar-refractivity contribution in [1.29, 1.82) is 0 Å². The number of aliphatic hydroxyl groups is 1. The standard InChI is InChI=1S/C15H18F3NO2/c16-15(17,18)14(20)4-6-19(7-5-14)10-11-1-2-13-12(9-11)3-8-21-13/h1-2,9,20H,3-8,10H2. The van der Waals surface area contributed by atoms with Crippen LogP contribution in [0.1, 0.15) is 24.0 Å².